The second-order valence-corrected chi connectivity index (χ2v) is 4.36. The summed E-state index contributed by atoms with van der Waals surface area (Å²) in [5, 5.41) is 0. The lowest BCUT2D eigenvalue weighted by molar-refractivity contribution is -0.921. The van der Waals surface area contributed by atoms with E-state index in [1.165, 1.54) is 30.7 Å². The first kappa shape index (κ1) is 18.3. The molecule has 0 saturated heterocycles. The molecule has 0 amide bonds. The lowest BCUT2D eigenvalue weighted by atomic mass is 10.3. The van der Waals surface area contributed by atoms with Crippen LogP contribution in [0.4, 0.5) is 9.05 Å². The van der Waals surface area contributed by atoms with Crippen molar-refractivity contribution in [2.75, 3.05) is 26.2 Å². The molecule has 0 radical (unpaired) electrons. The van der Waals surface area contributed by atoms with Crippen molar-refractivity contribution in [3.05, 3.63) is 0 Å². The zero-order valence-corrected chi connectivity index (χ0v) is 11.0. The Labute approximate surface area is 95.0 Å². The molecule has 0 aliphatic rings. The summed E-state index contributed by atoms with van der Waals surface area (Å²) in [7, 11) is -5.24. The highest BCUT2D eigenvalue weighted by Gasteiger charge is 2.16. The van der Waals surface area contributed by atoms with Crippen molar-refractivity contribution < 1.29 is 32.5 Å². The van der Waals surface area contributed by atoms with E-state index in [1.54, 1.807) is 0 Å². The average Bonchev–Trinajstić information content (AvgIpc) is 2.34. The lowest BCUT2D eigenvalue weighted by Crippen LogP contribution is -2.47. The van der Waals surface area contributed by atoms with Crippen molar-refractivity contribution in [2.24, 2.45) is 0 Å². The van der Waals surface area contributed by atoms with Crippen molar-refractivity contribution >= 4 is 7.82 Å². The Morgan fingerprint density at radius 2 is 1.25 bits per heavy atom. The van der Waals surface area contributed by atoms with Gasteiger partial charge in [-0.15, -0.1) is 9.46 Å². The van der Waals surface area contributed by atoms with Gasteiger partial charge in [0, 0.05) is 0 Å². The minimum atomic E-state index is -5.24. The third kappa shape index (κ3) is 7.24. The second-order valence-electron chi connectivity index (χ2n) is 3.19. The highest BCUT2D eigenvalue weighted by atomic mass is 31.2. The molecule has 8 heteroatoms. The molecule has 0 bridgehead atoms. The quantitative estimate of drug-likeness (QED) is 0.544. The van der Waals surface area contributed by atoms with Gasteiger partial charge in [-0.2, -0.15) is 0 Å². The van der Waals surface area contributed by atoms with Crippen LogP contribution in [-0.2, 0) is 14.0 Å². The normalized spacial score (nSPS) is 11.9. The van der Waals surface area contributed by atoms with Crippen molar-refractivity contribution in [3.63, 3.8) is 0 Å². The fourth-order valence-electron chi connectivity index (χ4n) is 1.35. The molecule has 0 aliphatic carbocycles. The van der Waals surface area contributed by atoms with E-state index < -0.39 is 7.82 Å². The monoisotopic (exact) mass is 263 g/mol. The molecule has 0 aromatic rings. The number of hydrogen-bond acceptors (Lipinski definition) is 4. The molecule has 0 saturated carbocycles. The van der Waals surface area contributed by atoms with E-state index in [9.17, 15) is 18.5 Å². The molecule has 16 heavy (non-hydrogen) atoms. The topological polar surface area (TPSA) is 58.6 Å². The maximum atomic E-state index is 10.3. The average molecular weight is 263 g/mol. The van der Waals surface area contributed by atoms with Gasteiger partial charge in [-0.05, 0) is 36.7 Å². The largest absolute Gasteiger partial charge is 0.752 e. The van der Waals surface area contributed by atoms with Gasteiger partial charge < -0.3 is 9.38 Å². The predicted molar refractivity (Wildman–Crippen MR) is 54.4 cm³/mol. The minimum Gasteiger partial charge on any atom is -0.752 e. The summed E-state index contributed by atoms with van der Waals surface area (Å²) in [4.78, 5) is 9.20. The van der Waals surface area contributed by atoms with Crippen LogP contribution in [0.2, 0.25) is 0 Å². The van der Waals surface area contributed by atoms with Crippen LogP contribution in [0.15, 0.2) is 0 Å². The van der Waals surface area contributed by atoms with Gasteiger partial charge in [-0.25, -0.2) is 0 Å². The Balaban J connectivity index is 0. The summed E-state index contributed by atoms with van der Waals surface area (Å²) >= 11 is 0. The van der Waals surface area contributed by atoms with Gasteiger partial charge in [0.25, 0.3) is 0 Å². The second kappa shape index (κ2) is 9.01. The highest BCUT2D eigenvalue weighted by Crippen LogP contribution is 2.38. The summed E-state index contributed by atoms with van der Waals surface area (Å²) in [5.41, 5.74) is 0. The standard InChI is InChI=1S/C8H20N.F2HO4P/c1-5-9(6-2,7-3)8-4;1-5-7(3,4)6-2/h5-8H2,1-4H3;(H,3,4)/q+1;/p-1. The summed E-state index contributed by atoms with van der Waals surface area (Å²) in [6.07, 6.45) is 0. The van der Waals surface area contributed by atoms with Crippen LogP contribution in [-0.4, -0.2) is 30.7 Å². The van der Waals surface area contributed by atoms with Crippen LogP contribution >= 0.6 is 7.82 Å². The fourth-order valence-corrected chi connectivity index (χ4v) is 1.37. The molecule has 0 aliphatic heterocycles. The van der Waals surface area contributed by atoms with Gasteiger partial charge >= 0.3 is 7.82 Å². The van der Waals surface area contributed by atoms with Crippen LogP contribution < -0.4 is 4.89 Å². The Morgan fingerprint density at radius 3 is 1.25 bits per heavy atom. The third-order valence-electron chi connectivity index (χ3n) is 2.85. The van der Waals surface area contributed by atoms with E-state index >= 15 is 0 Å². The molecule has 0 atom stereocenters. The van der Waals surface area contributed by atoms with Crippen molar-refractivity contribution in [2.45, 2.75) is 27.7 Å². The van der Waals surface area contributed by atoms with Crippen LogP contribution in [0.25, 0.3) is 0 Å². The molecule has 0 aromatic carbocycles. The number of rotatable bonds is 6. The number of quaternary nitrogens is 1. The van der Waals surface area contributed by atoms with Crippen molar-refractivity contribution in [1.82, 2.24) is 0 Å². The molecule has 0 heterocycles. The van der Waals surface area contributed by atoms with E-state index in [0.717, 1.165) is 0 Å². The van der Waals surface area contributed by atoms with E-state index in [4.69, 9.17) is 0 Å². The Hall–Kier alpha value is -0.0700. The molecular weight excluding hydrogens is 243 g/mol. The smallest absolute Gasteiger partial charge is 0.337 e. The van der Waals surface area contributed by atoms with Gasteiger partial charge in [0.05, 0.1) is 26.2 Å². The summed E-state index contributed by atoms with van der Waals surface area (Å²) in [5.74, 6) is 0. The van der Waals surface area contributed by atoms with Crippen molar-refractivity contribution in [1.29, 1.82) is 0 Å². The number of phosphoric acid groups is 1. The predicted octanol–water partition coefficient (Wildman–Crippen LogP) is 2.14. The maximum Gasteiger partial charge on any atom is 0.337 e. The van der Waals surface area contributed by atoms with Gasteiger partial charge in [-0.1, -0.05) is 0 Å². The van der Waals surface area contributed by atoms with E-state index in [-0.39, 0.29) is 0 Å². The number of nitrogens with zero attached hydrogens (tertiary/aromatic N) is 1. The van der Waals surface area contributed by atoms with Gasteiger partial charge in [0.1, 0.15) is 0 Å². The Kier molecular flexibility index (Phi) is 10.3. The molecule has 0 spiro atoms. The van der Waals surface area contributed by atoms with Gasteiger partial charge in [0.2, 0.25) is 0 Å². The van der Waals surface area contributed by atoms with Crippen molar-refractivity contribution in [3.8, 4) is 0 Å². The van der Waals surface area contributed by atoms with E-state index in [2.05, 4.69) is 27.7 Å². The van der Waals surface area contributed by atoms with Gasteiger partial charge in [0.15, 0.2) is 0 Å². The summed E-state index contributed by atoms with van der Waals surface area (Å²) < 4.78 is 35.1. The molecule has 0 unspecified atom stereocenters. The number of hydrogen-bond donors (Lipinski definition) is 0. The first-order chi connectivity index (χ1) is 7.36. The molecule has 0 rings (SSSR count). The highest BCUT2D eigenvalue weighted by molar-refractivity contribution is 7.45. The summed E-state index contributed by atoms with van der Waals surface area (Å²) in [6, 6.07) is 0. The molecular formula is C8H20F2NO4P. The fraction of sp³-hybridized carbons (Fsp3) is 1.00. The summed E-state index contributed by atoms with van der Waals surface area (Å²) in [6.45, 7) is 14.2. The van der Waals surface area contributed by atoms with Gasteiger partial charge in [-0.3, -0.25) is 4.57 Å². The molecule has 0 N–H and O–H groups in total. The first-order valence-corrected chi connectivity index (χ1v) is 6.59. The van der Waals surface area contributed by atoms with E-state index in [0.29, 0.717) is 0 Å². The maximum absolute atomic E-state index is 10.3. The number of halogens is 2. The van der Waals surface area contributed by atoms with Crippen LogP contribution in [0.1, 0.15) is 27.7 Å². The zero-order valence-electron chi connectivity index (χ0n) is 10.1. The van der Waals surface area contributed by atoms with Crippen LogP contribution in [0.5, 0.6) is 0 Å². The SMILES string of the molecule is CC[N+](CC)(CC)CC.O=P([O-])(OF)OF. The lowest BCUT2D eigenvalue weighted by Gasteiger charge is -2.34. The minimum absolute atomic E-state index is 1.28. The van der Waals surface area contributed by atoms with Crippen LogP contribution in [0.3, 0.4) is 0 Å². The van der Waals surface area contributed by atoms with E-state index in [1.807, 2.05) is 9.46 Å². The van der Waals surface area contributed by atoms with Crippen LogP contribution in [0, 0.1) is 0 Å². The molecule has 0 aromatic heterocycles. The molecule has 0 fully saturated rings. The molecule has 5 nitrogen and oxygen atoms in total. The third-order valence-corrected chi connectivity index (χ3v) is 3.19. The first-order valence-electron chi connectivity index (χ1n) is 5.13. The Morgan fingerprint density at radius 1 is 1.00 bits per heavy atom. The molecule has 100 valence electrons. The Bertz CT molecular complexity index is 189. The zero-order chi connectivity index (χ0) is 13.2.